The Kier molecular flexibility index (Phi) is 5.84. The Morgan fingerprint density at radius 2 is 1.56 bits per heavy atom. The molecule has 0 heterocycles. The van der Waals surface area contributed by atoms with Gasteiger partial charge in [-0.2, -0.15) is 4.31 Å². The lowest BCUT2D eigenvalue weighted by Crippen LogP contribution is -2.47. The van der Waals surface area contributed by atoms with Crippen molar-refractivity contribution in [3.8, 4) is 0 Å². The van der Waals surface area contributed by atoms with Crippen LogP contribution in [0.1, 0.15) is 48.0 Å². The maximum atomic E-state index is 11.8. The summed E-state index contributed by atoms with van der Waals surface area (Å²) in [6.45, 7) is 12.5. The van der Waals surface area contributed by atoms with Gasteiger partial charge in [0.1, 0.15) is 0 Å². The zero-order chi connectivity index (χ0) is 14.8. The number of rotatable bonds is 5. The van der Waals surface area contributed by atoms with Crippen molar-refractivity contribution in [2.45, 2.75) is 59.6 Å². The largest absolute Gasteiger partial charge is 0.381 e. The molecule has 0 fully saturated rings. The minimum absolute atomic E-state index is 0.00973. The van der Waals surface area contributed by atoms with E-state index in [0.717, 1.165) is 0 Å². The maximum absolute atomic E-state index is 11.8. The third-order valence-corrected chi connectivity index (χ3v) is 4.52. The van der Waals surface area contributed by atoms with Crippen molar-refractivity contribution in [2.75, 3.05) is 19.9 Å². The summed E-state index contributed by atoms with van der Waals surface area (Å²) in [5.41, 5.74) is -0.389. The number of hydrogen-bond acceptors (Lipinski definition) is 3. The van der Waals surface area contributed by atoms with Crippen LogP contribution in [0, 0.1) is 5.41 Å². The normalized spacial score (nSPS) is 16.1. The lowest BCUT2D eigenvalue weighted by Gasteiger charge is -2.36. The van der Waals surface area contributed by atoms with E-state index in [-0.39, 0.29) is 11.5 Å². The number of sulfonamides is 1. The highest BCUT2D eigenvalue weighted by Gasteiger charge is 2.32. The highest BCUT2D eigenvalue weighted by molar-refractivity contribution is 7.88. The third-order valence-electron chi connectivity index (χ3n) is 2.99. The van der Waals surface area contributed by atoms with Crippen LogP contribution in [0.5, 0.6) is 0 Å². The predicted octanol–water partition coefficient (Wildman–Crippen LogP) is 2.50. The first kappa shape index (κ1) is 17.9. The summed E-state index contributed by atoms with van der Waals surface area (Å²) in [5.74, 6) is 0. The van der Waals surface area contributed by atoms with Gasteiger partial charge in [-0.3, -0.25) is 0 Å². The van der Waals surface area contributed by atoms with E-state index >= 15 is 0 Å². The quantitative estimate of drug-likeness (QED) is 0.777. The van der Waals surface area contributed by atoms with Gasteiger partial charge < -0.3 is 4.74 Å². The Morgan fingerprint density at radius 3 is 1.78 bits per heavy atom. The van der Waals surface area contributed by atoms with Crippen LogP contribution in [-0.2, 0) is 14.8 Å². The van der Waals surface area contributed by atoms with Gasteiger partial charge in [-0.05, 0) is 32.6 Å². The first-order chi connectivity index (χ1) is 7.80. The molecule has 0 radical (unpaired) electrons. The monoisotopic (exact) mass is 279 g/mol. The lowest BCUT2D eigenvalue weighted by atomic mass is 9.87. The molecule has 0 saturated carbocycles. The van der Waals surface area contributed by atoms with E-state index in [1.165, 1.54) is 10.6 Å². The van der Waals surface area contributed by atoms with Crippen LogP contribution >= 0.6 is 0 Å². The van der Waals surface area contributed by atoms with Gasteiger partial charge in [0.25, 0.3) is 0 Å². The molecule has 0 aliphatic heterocycles. The van der Waals surface area contributed by atoms with Crippen molar-refractivity contribution in [3.05, 3.63) is 0 Å². The minimum atomic E-state index is -3.19. The van der Waals surface area contributed by atoms with E-state index in [9.17, 15) is 8.42 Å². The fourth-order valence-corrected chi connectivity index (χ4v) is 3.57. The second-order valence-electron chi connectivity index (χ2n) is 6.88. The molecule has 5 heteroatoms. The van der Waals surface area contributed by atoms with Gasteiger partial charge in [-0.1, -0.05) is 20.8 Å². The summed E-state index contributed by atoms with van der Waals surface area (Å²) in [4.78, 5) is 0. The fraction of sp³-hybridized carbons (Fsp3) is 1.00. The standard InChI is InChI=1S/C13H29NO3S/c1-12(2,3)11(17-7)9-10-14(13(4,5)6)18(8,15)16/h11H,9-10H2,1-8H3. The first-order valence-corrected chi connectivity index (χ1v) is 8.15. The SMILES string of the molecule is COC(CCN(C(C)(C)C)S(C)(=O)=O)C(C)(C)C. The molecule has 0 N–H and O–H groups in total. The average Bonchev–Trinajstić information content (AvgIpc) is 2.05. The number of hydrogen-bond donors (Lipinski definition) is 0. The lowest BCUT2D eigenvalue weighted by molar-refractivity contribution is 0.00505. The Labute approximate surface area is 113 Å². The predicted molar refractivity (Wildman–Crippen MR) is 76.2 cm³/mol. The Balaban J connectivity index is 4.85. The first-order valence-electron chi connectivity index (χ1n) is 6.30. The highest BCUT2D eigenvalue weighted by Crippen LogP contribution is 2.26. The van der Waals surface area contributed by atoms with Crippen LogP contribution in [0.25, 0.3) is 0 Å². The molecular formula is C13H29NO3S. The molecule has 1 unspecified atom stereocenters. The topological polar surface area (TPSA) is 46.6 Å². The van der Waals surface area contributed by atoms with E-state index < -0.39 is 15.6 Å². The van der Waals surface area contributed by atoms with E-state index in [4.69, 9.17) is 4.74 Å². The molecule has 4 nitrogen and oxygen atoms in total. The molecule has 0 aromatic heterocycles. The van der Waals surface area contributed by atoms with E-state index in [1.54, 1.807) is 7.11 Å². The molecule has 0 bridgehead atoms. The van der Waals surface area contributed by atoms with Gasteiger partial charge in [0.05, 0.1) is 12.4 Å². The van der Waals surface area contributed by atoms with Gasteiger partial charge in [-0.15, -0.1) is 0 Å². The Bertz CT molecular complexity index is 349. The molecule has 0 rings (SSSR count). The Morgan fingerprint density at radius 1 is 1.11 bits per heavy atom. The second kappa shape index (κ2) is 5.88. The van der Waals surface area contributed by atoms with E-state index in [1.807, 2.05) is 20.8 Å². The highest BCUT2D eigenvalue weighted by atomic mass is 32.2. The fourth-order valence-electron chi connectivity index (χ4n) is 2.14. The summed E-state index contributed by atoms with van der Waals surface area (Å²) < 4.78 is 30.6. The van der Waals surface area contributed by atoms with Crippen LogP contribution < -0.4 is 0 Å². The van der Waals surface area contributed by atoms with Gasteiger partial charge in [0, 0.05) is 19.2 Å². The van der Waals surface area contributed by atoms with E-state index in [2.05, 4.69) is 20.8 Å². The molecule has 0 saturated heterocycles. The summed E-state index contributed by atoms with van der Waals surface area (Å²) in [7, 11) is -1.52. The van der Waals surface area contributed by atoms with Crippen LogP contribution in [0.4, 0.5) is 0 Å². The van der Waals surface area contributed by atoms with Crippen molar-refractivity contribution >= 4 is 10.0 Å². The number of ether oxygens (including phenoxy) is 1. The molecule has 0 amide bonds. The number of nitrogens with zero attached hydrogens (tertiary/aromatic N) is 1. The van der Waals surface area contributed by atoms with Crippen LogP contribution in [0.3, 0.4) is 0 Å². The molecule has 0 aromatic rings. The van der Waals surface area contributed by atoms with Crippen molar-refractivity contribution in [1.29, 1.82) is 0 Å². The molecule has 0 spiro atoms. The number of methoxy groups -OCH3 is 1. The van der Waals surface area contributed by atoms with Crippen molar-refractivity contribution in [2.24, 2.45) is 5.41 Å². The van der Waals surface area contributed by atoms with Crippen molar-refractivity contribution < 1.29 is 13.2 Å². The summed E-state index contributed by atoms with van der Waals surface area (Å²) in [6.07, 6.45) is 2.01. The molecular weight excluding hydrogens is 250 g/mol. The van der Waals surface area contributed by atoms with Gasteiger partial charge in [0.2, 0.25) is 10.0 Å². The third kappa shape index (κ3) is 5.67. The van der Waals surface area contributed by atoms with Crippen molar-refractivity contribution in [1.82, 2.24) is 4.31 Å². The van der Waals surface area contributed by atoms with Crippen molar-refractivity contribution in [3.63, 3.8) is 0 Å². The summed E-state index contributed by atoms with van der Waals surface area (Å²) in [5, 5.41) is 0. The molecule has 0 aliphatic carbocycles. The zero-order valence-corrected chi connectivity index (χ0v) is 13.9. The molecule has 0 aliphatic rings. The summed E-state index contributed by atoms with van der Waals surface area (Å²) in [6, 6.07) is 0. The molecule has 110 valence electrons. The van der Waals surface area contributed by atoms with Gasteiger partial charge in [0.15, 0.2) is 0 Å². The van der Waals surface area contributed by atoms with Crippen LogP contribution in [0.2, 0.25) is 0 Å². The average molecular weight is 279 g/mol. The summed E-state index contributed by atoms with van der Waals surface area (Å²) >= 11 is 0. The van der Waals surface area contributed by atoms with Crippen LogP contribution in [-0.4, -0.2) is 44.3 Å². The maximum Gasteiger partial charge on any atom is 0.211 e. The van der Waals surface area contributed by atoms with Gasteiger partial charge >= 0.3 is 0 Å². The minimum Gasteiger partial charge on any atom is -0.381 e. The zero-order valence-electron chi connectivity index (χ0n) is 13.1. The molecule has 1 atom stereocenters. The smallest absolute Gasteiger partial charge is 0.211 e. The van der Waals surface area contributed by atoms with E-state index in [0.29, 0.717) is 13.0 Å². The molecule has 18 heavy (non-hydrogen) atoms. The van der Waals surface area contributed by atoms with Gasteiger partial charge in [-0.25, -0.2) is 8.42 Å². The molecule has 0 aromatic carbocycles. The Hall–Kier alpha value is -0.130. The second-order valence-corrected chi connectivity index (χ2v) is 8.79. The van der Waals surface area contributed by atoms with Crippen LogP contribution in [0.15, 0.2) is 0 Å².